The summed E-state index contributed by atoms with van der Waals surface area (Å²) in [5.41, 5.74) is 7.28. The van der Waals surface area contributed by atoms with Crippen LogP contribution in [0.3, 0.4) is 0 Å². The third-order valence-corrected chi connectivity index (χ3v) is 4.41. The van der Waals surface area contributed by atoms with E-state index in [1.54, 1.807) is 17.4 Å². The minimum absolute atomic E-state index is 0. The highest BCUT2D eigenvalue weighted by Gasteiger charge is 2.13. The molecule has 0 bridgehead atoms. The molecule has 3 rings (SSSR count). The number of nitrogens with zero attached hydrogens (tertiary/aromatic N) is 2. The first-order valence-electron chi connectivity index (χ1n) is 6.92. The van der Waals surface area contributed by atoms with E-state index in [2.05, 4.69) is 4.98 Å². The molecular formula is C16H16ClF2N3S. The molecule has 0 fully saturated rings. The second kappa shape index (κ2) is 7.68. The summed E-state index contributed by atoms with van der Waals surface area (Å²) in [5, 5.41) is 0.830. The lowest BCUT2D eigenvalue weighted by Crippen LogP contribution is -2.28. The van der Waals surface area contributed by atoms with Crippen LogP contribution in [0.25, 0.3) is 10.2 Å². The predicted molar refractivity (Wildman–Crippen MR) is 93.3 cm³/mol. The summed E-state index contributed by atoms with van der Waals surface area (Å²) < 4.78 is 27.5. The molecule has 2 N–H and O–H groups in total. The van der Waals surface area contributed by atoms with Crippen LogP contribution >= 0.6 is 23.7 Å². The molecule has 3 aromatic rings. The molecule has 23 heavy (non-hydrogen) atoms. The summed E-state index contributed by atoms with van der Waals surface area (Å²) in [7, 11) is 0. The second-order valence-electron chi connectivity index (χ2n) is 4.92. The monoisotopic (exact) mass is 355 g/mol. The lowest BCUT2D eigenvalue weighted by Gasteiger charge is -2.21. The van der Waals surface area contributed by atoms with E-state index < -0.39 is 11.6 Å². The third kappa shape index (κ3) is 3.96. The van der Waals surface area contributed by atoms with Crippen LogP contribution < -0.4 is 10.6 Å². The SMILES string of the molecule is Cl.NCCN(Cc1ccc(F)c(F)c1)c1nc2ccccc2s1. The third-order valence-electron chi connectivity index (χ3n) is 3.31. The van der Waals surface area contributed by atoms with Crippen LogP contribution in [0.15, 0.2) is 42.5 Å². The van der Waals surface area contributed by atoms with Gasteiger partial charge in [0.05, 0.1) is 10.2 Å². The van der Waals surface area contributed by atoms with Crippen molar-refractivity contribution in [3.8, 4) is 0 Å². The topological polar surface area (TPSA) is 42.1 Å². The maximum Gasteiger partial charge on any atom is 0.186 e. The van der Waals surface area contributed by atoms with Crippen molar-refractivity contribution >= 4 is 39.1 Å². The number of thiazole rings is 1. The first kappa shape index (κ1) is 17.6. The van der Waals surface area contributed by atoms with E-state index in [1.165, 1.54) is 6.07 Å². The van der Waals surface area contributed by atoms with E-state index in [-0.39, 0.29) is 12.4 Å². The van der Waals surface area contributed by atoms with Gasteiger partial charge in [0.25, 0.3) is 0 Å². The zero-order chi connectivity index (χ0) is 15.5. The van der Waals surface area contributed by atoms with Gasteiger partial charge in [-0.3, -0.25) is 0 Å². The highest BCUT2D eigenvalue weighted by molar-refractivity contribution is 7.22. The van der Waals surface area contributed by atoms with Gasteiger partial charge in [0.1, 0.15) is 0 Å². The minimum atomic E-state index is -0.839. The molecule has 0 unspecified atom stereocenters. The summed E-state index contributed by atoms with van der Waals surface area (Å²) in [6.45, 7) is 1.49. The Balaban J connectivity index is 0.00000192. The van der Waals surface area contributed by atoms with E-state index in [1.807, 2.05) is 29.2 Å². The molecule has 0 saturated heterocycles. The molecule has 0 aliphatic heterocycles. The molecule has 122 valence electrons. The Bertz CT molecular complexity index is 761. The van der Waals surface area contributed by atoms with Crippen molar-refractivity contribution in [2.24, 2.45) is 5.73 Å². The number of benzene rings is 2. The maximum absolute atomic E-state index is 13.4. The van der Waals surface area contributed by atoms with Crippen LogP contribution in [-0.4, -0.2) is 18.1 Å². The van der Waals surface area contributed by atoms with Gasteiger partial charge in [-0.1, -0.05) is 29.5 Å². The molecule has 0 radical (unpaired) electrons. The Hall–Kier alpha value is -1.76. The normalized spacial score (nSPS) is 10.6. The molecule has 0 atom stereocenters. The van der Waals surface area contributed by atoms with Gasteiger partial charge in [0.2, 0.25) is 0 Å². The number of anilines is 1. The summed E-state index contributed by atoms with van der Waals surface area (Å²) in [6.07, 6.45) is 0. The predicted octanol–water partition coefficient (Wildman–Crippen LogP) is 3.96. The number of hydrogen-bond acceptors (Lipinski definition) is 4. The van der Waals surface area contributed by atoms with Crippen LogP contribution in [0.1, 0.15) is 5.56 Å². The number of nitrogens with two attached hydrogens (primary N) is 1. The van der Waals surface area contributed by atoms with Crippen molar-refractivity contribution in [2.75, 3.05) is 18.0 Å². The molecule has 0 spiro atoms. The molecule has 0 aliphatic rings. The maximum atomic E-state index is 13.4. The molecular weight excluding hydrogens is 340 g/mol. The highest BCUT2D eigenvalue weighted by Crippen LogP contribution is 2.29. The molecule has 0 aliphatic carbocycles. The molecule has 1 heterocycles. The van der Waals surface area contributed by atoms with E-state index in [9.17, 15) is 8.78 Å². The lowest BCUT2D eigenvalue weighted by atomic mass is 10.2. The Morgan fingerprint density at radius 2 is 1.87 bits per heavy atom. The molecule has 1 aromatic heterocycles. The number of hydrogen-bond donors (Lipinski definition) is 1. The quantitative estimate of drug-likeness (QED) is 0.753. The summed E-state index contributed by atoms with van der Waals surface area (Å²) in [6, 6.07) is 11.8. The smallest absolute Gasteiger partial charge is 0.186 e. The first-order valence-corrected chi connectivity index (χ1v) is 7.73. The molecule has 3 nitrogen and oxygen atoms in total. The van der Waals surface area contributed by atoms with Crippen LogP contribution in [0.5, 0.6) is 0 Å². The zero-order valence-corrected chi connectivity index (χ0v) is 13.8. The Kier molecular flexibility index (Phi) is 5.87. The summed E-state index contributed by atoms with van der Waals surface area (Å²) >= 11 is 1.56. The van der Waals surface area contributed by atoms with E-state index in [4.69, 9.17) is 5.73 Å². The summed E-state index contributed by atoms with van der Waals surface area (Å²) in [4.78, 5) is 6.57. The Morgan fingerprint density at radius 3 is 2.57 bits per heavy atom. The Morgan fingerprint density at radius 1 is 1.09 bits per heavy atom. The van der Waals surface area contributed by atoms with Gasteiger partial charge in [-0.15, -0.1) is 12.4 Å². The van der Waals surface area contributed by atoms with Crippen molar-refractivity contribution < 1.29 is 8.78 Å². The lowest BCUT2D eigenvalue weighted by molar-refractivity contribution is 0.507. The second-order valence-corrected chi connectivity index (χ2v) is 5.93. The van der Waals surface area contributed by atoms with Gasteiger partial charge >= 0.3 is 0 Å². The molecule has 0 amide bonds. The van der Waals surface area contributed by atoms with Gasteiger partial charge in [-0.05, 0) is 29.8 Å². The number of rotatable bonds is 5. The first-order chi connectivity index (χ1) is 10.7. The Labute approximate surface area is 143 Å². The molecule has 7 heteroatoms. The average Bonchev–Trinajstić information content (AvgIpc) is 2.94. The fourth-order valence-electron chi connectivity index (χ4n) is 2.25. The number of halogens is 3. The van der Waals surface area contributed by atoms with Crippen LogP contribution in [0.4, 0.5) is 13.9 Å². The van der Waals surface area contributed by atoms with Crippen molar-refractivity contribution in [1.82, 2.24) is 4.98 Å². The van der Waals surface area contributed by atoms with E-state index >= 15 is 0 Å². The van der Waals surface area contributed by atoms with Crippen LogP contribution in [-0.2, 0) is 6.54 Å². The zero-order valence-electron chi connectivity index (χ0n) is 12.2. The van der Waals surface area contributed by atoms with Gasteiger partial charge in [0, 0.05) is 19.6 Å². The minimum Gasteiger partial charge on any atom is -0.342 e. The van der Waals surface area contributed by atoms with Crippen LogP contribution in [0.2, 0.25) is 0 Å². The van der Waals surface area contributed by atoms with Gasteiger partial charge in [0.15, 0.2) is 16.8 Å². The fourth-order valence-corrected chi connectivity index (χ4v) is 3.24. The van der Waals surface area contributed by atoms with Crippen molar-refractivity contribution in [3.05, 3.63) is 59.7 Å². The highest BCUT2D eigenvalue weighted by atomic mass is 35.5. The van der Waals surface area contributed by atoms with Crippen molar-refractivity contribution in [1.29, 1.82) is 0 Å². The number of para-hydroxylation sites is 1. The van der Waals surface area contributed by atoms with Gasteiger partial charge in [-0.2, -0.15) is 0 Å². The van der Waals surface area contributed by atoms with Crippen LogP contribution in [0, 0.1) is 11.6 Å². The van der Waals surface area contributed by atoms with E-state index in [0.717, 1.165) is 21.4 Å². The fraction of sp³-hybridized carbons (Fsp3) is 0.188. The summed E-state index contributed by atoms with van der Waals surface area (Å²) in [5.74, 6) is -1.68. The van der Waals surface area contributed by atoms with Crippen molar-refractivity contribution in [3.63, 3.8) is 0 Å². The largest absolute Gasteiger partial charge is 0.342 e. The van der Waals surface area contributed by atoms with Gasteiger partial charge < -0.3 is 10.6 Å². The van der Waals surface area contributed by atoms with E-state index in [0.29, 0.717) is 25.2 Å². The molecule has 0 saturated carbocycles. The van der Waals surface area contributed by atoms with Crippen molar-refractivity contribution in [2.45, 2.75) is 6.54 Å². The average molecular weight is 356 g/mol. The molecule has 2 aromatic carbocycles. The number of aromatic nitrogens is 1. The number of fused-ring (bicyclic) bond motifs is 1. The standard InChI is InChI=1S/C16H15F2N3S.ClH/c17-12-6-5-11(9-13(12)18)10-21(8-7-19)16-20-14-3-1-2-4-15(14)22-16;/h1-6,9H,7-8,10,19H2;1H. The van der Waals surface area contributed by atoms with Gasteiger partial charge in [-0.25, -0.2) is 13.8 Å².